The van der Waals surface area contributed by atoms with Gasteiger partial charge in [0.25, 0.3) is 0 Å². The SMILES string of the molecule is CCCCN(c1cc(Br)ccc1C=CC(=O)O)C1CC1. The number of unbranched alkanes of at least 4 members (excludes halogenated alkanes) is 1. The third-order valence-corrected chi connectivity index (χ3v) is 3.94. The van der Waals surface area contributed by atoms with Gasteiger partial charge in [0.1, 0.15) is 0 Å². The zero-order valence-corrected chi connectivity index (χ0v) is 13.3. The molecule has 0 radical (unpaired) electrons. The molecule has 1 aliphatic carbocycles. The van der Waals surface area contributed by atoms with E-state index in [1.807, 2.05) is 12.1 Å². The average Bonchev–Trinajstić information content (AvgIpc) is 3.22. The van der Waals surface area contributed by atoms with Gasteiger partial charge in [0, 0.05) is 28.8 Å². The van der Waals surface area contributed by atoms with E-state index >= 15 is 0 Å². The van der Waals surface area contributed by atoms with Crippen molar-refractivity contribution >= 4 is 33.7 Å². The zero-order chi connectivity index (χ0) is 14.5. The Morgan fingerprint density at radius 1 is 1.50 bits per heavy atom. The van der Waals surface area contributed by atoms with Crippen molar-refractivity contribution in [3.63, 3.8) is 0 Å². The molecule has 1 saturated carbocycles. The number of halogens is 1. The summed E-state index contributed by atoms with van der Waals surface area (Å²) in [5.41, 5.74) is 2.10. The van der Waals surface area contributed by atoms with E-state index < -0.39 is 5.97 Å². The van der Waals surface area contributed by atoms with E-state index in [9.17, 15) is 4.79 Å². The van der Waals surface area contributed by atoms with Crippen LogP contribution in [0.3, 0.4) is 0 Å². The fourth-order valence-corrected chi connectivity index (χ4v) is 2.63. The van der Waals surface area contributed by atoms with Gasteiger partial charge in [0.2, 0.25) is 0 Å². The smallest absolute Gasteiger partial charge is 0.328 e. The summed E-state index contributed by atoms with van der Waals surface area (Å²) in [5.74, 6) is -0.912. The highest BCUT2D eigenvalue weighted by molar-refractivity contribution is 9.10. The molecule has 0 unspecified atom stereocenters. The lowest BCUT2D eigenvalue weighted by molar-refractivity contribution is -0.131. The molecular weight excluding hydrogens is 318 g/mol. The summed E-state index contributed by atoms with van der Waals surface area (Å²) in [7, 11) is 0. The van der Waals surface area contributed by atoms with Crippen LogP contribution in [0.4, 0.5) is 5.69 Å². The highest BCUT2D eigenvalue weighted by Gasteiger charge is 2.29. The largest absolute Gasteiger partial charge is 0.478 e. The molecular formula is C16H20BrNO2. The summed E-state index contributed by atoms with van der Waals surface area (Å²) >= 11 is 3.52. The van der Waals surface area contributed by atoms with Crippen molar-refractivity contribution in [3.05, 3.63) is 34.3 Å². The van der Waals surface area contributed by atoms with Crippen LogP contribution in [0.25, 0.3) is 6.08 Å². The highest BCUT2D eigenvalue weighted by Crippen LogP contribution is 2.35. The summed E-state index contributed by atoms with van der Waals surface area (Å²) in [6, 6.07) is 6.64. The van der Waals surface area contributed by atoms with Gasteiger partial charge in [0.15, 0.2) is 0 Å². The maximum atomic E-state index is 10.7. The number of hydrogen-bond donors (Lipinski definition) is 1. The molecule has 4 heteroatoms. The van der Waals surface area contributed by atoms with Crippen LogP contribution in [-0.2, 0) is 4.79 Å². The molecule has 1 fully saturated rings. The molecule has 0 aliphatic heterocycles. The van der Waals surface area contributed by atoms with Crippen LogP contribution in [0, 0.1) is 0 Å². The van der Waals surface area contributed by atoms with Gasteiger partial charge in [-0.1, -0.05) is 35.3 Å². The fraction of sp³-hybridized carbons (Fsp3) is 0.438. The number of benzene rings is 1. The number of nitrogens with zero attached hydrogens (tertiary/aromatic N) is 1. The Labute approximate surface area is 128 Å². The van der Waals surface area contributed by atoms with Gasteiger partial charge in [-0.2, -0.15) is 0 Å². The van der Waals surface area contributed by atoms with Gasteiger partial charge in [-0.15, -0.1) is 0 Å². The van der Waals surface area contributed by atoms with Crippen LogP contribution < -0.4 is 4.90 Å². The van der Waals surface area contributed by atoms with Crippen molar-refractivity contribution in [2.75, 3.05) is 11.4 Å². The molecule has 0 heterocycles. The van der Waals surface area contributed by atoms with E-state index in [1.54, 1.807) is 6.08 Å². The standard InChI is InChI=1S/C16H20BrNO2/c1-2-3-10-18(14-7-8-14)15-11-13(17)6-4-12(15)5-9-16(19)20/h4-6,9,11,14H,2-3,7-8,10H2,1H3,(H,19,20). The highest BCUT2D eigenvalue weighted by atomic mass is 79.9. The van der Waals surface area contributed by atoms with Gasteiger partial charge < -0.3 is 10.0 Å². The zero-order valence-electron chi connectivity index (χ0n) is 11.7. The van der Waals surface area contributed by atoms with Crippen molar-refractivity contribution in [1.82, 2.24) is 0 Å². The van der Waals surface area contributed by atoms with E-state index in [4.69, 9.17) is 5.11 Å². The van der Waals surface area contributed by atoms with Crippen LogP contribution >= 0.6 is 15.9 Å². The molecule has 1 N–H and O–H groups in total. The van der Waals surface area contributed by atoms with E-state index in [1.165, 1.54) is 18.9 Å². The number of anilines is 1. The first-order chi connectivity index (χ1) is 9.61. The fourth-order valence-electron chi connectivity index (χ4n) is 2.28. The monoisotopic (exact) mass is 337 g/mol. The Hall–Kier alpha value is -1.29. The minimum atomic E-state index is -0.912. The molecule has 0 atom stereocenters. The summed E-state index contributed by atoms with van der Waals surface area (Å²) in [4.78, 5) is 13.2. The van der Waals surface area contributed by atoms with E-state index in [0.717, 1.165) is 35.1 Å². The maximum Gasteiger partial charge on any atom is 0.328 e. The first kappa shape index (κ1) is 15.1. The van der Waals surface area contributed by atoms with E-state index in [2.05, 4.69) is 33.8 Å². The lowest BCUT2D eigenvalue weighted by Gasteiger charge is -2.26. The minimum absolute atomic E-state index is 0.618. The van der Waals surface area contributed by atoms with Crippen LogP contribution in [-0.4, -0.2) is 23.7 Å². The Morgan fingerprint density at radius 3 is 2.85 bits per heavy atom. The Morgan fingerprint density at radius 2 is 2.25 bits per heavy atom. The van der Waals surface area contributed by atoms with Gasteiger partial charge in [0.05, 0.1) is 0 Å². The van der Waals surface area contributed by atoms with Crippen LogP contribution in [0.1, 0.15) is 38.2 Å². The van der Waals surface area contributed by atoms with Gasteiger partial charge in [-0.25, -0.2) is 4.79 Å². The third kappa shape index (κ3) is 4.10. The molecule has 1 aliphatic rings. The summed E-state index contributed by atoms with van der Waals surface area (Å²) in [6.45, 7) is 3.22. The number of aliphatic carboxylic acids is 1. The number of carboxylic acid groups (broad SMARTS) is 1. The molecule has 1 aromatic carbocycles. The quantitative estimate of drug-likeness (QED) is 0.753. The minimum Gasteiger partial charge on any atom is -0.478 e. The molecule has 1 aromatic rings. The first-order valence-corrected chi connectivity index (χ1v) is 7.88. The molecule has 0 bridgehead atoms. The molecule has 2 rings (SSSR count). The molecule has 0 spiro atoms. The number of rotatable bonds is 7. The Kier molecular flexibility index (Phi) is 5.24. The van der Waals surface area contributed by atoms with Crippen molar-refractivity contribution in [2.24, 2.45) is 0 Å². The average molecular weight is 338 g/mol. The van der Waals surface area contributed by atoms with E-state index in [0.29, 0.717) is 6.04 Å². The van der Waals surface area contributed by atoms with Gasteiger partial charge >= 0.3 is 5.97 Å². The van der Waals surface area contributed by atoms with Crippen LogP contribution in [0.15, 0.2) is 28.7 Å². The van der Waals surface area contributed by atoms with Crippen molar-refractivity contribution in [3.8, 4) is 0 Å². The predicted molar refractivity (Wildman–Crippen MR) is 86.1 cm³/mol. The van der Waals surface area contributed by atoms with Gasteiger partial charge in [-0.05, 0) is 43.0 Å². The molecule has 0 saturated heterocycles. The Bertz CT molecular complexity index is 509. The second-order valence-electron chi connectivity index (χ2n) is 5.15. The summed E-state index contributed by atoms with van der Waals surface area (Å²) < 4.78 is 1.03. The van der Waals surface area contributed by atoms with E-state index in [-0.39, 0.29) is 0 Å². The molecule has 0 amide bonds. The molecule has 0 aromatic heterocycles. The molecule has 108 valence electrons. The summed E-state index contributed by atoms with van der Waals surface area (Å²) in [6.07, 6.45) is 7.68. The second kappa shape index (κ2) is 6.93. The van der Waals surface area contributed by atoms with Crippen molar-refractivity contribution < 1.29 is 9.90 Å². The van der Waals surface area contributed by atoms with Crippen LogP contribution in [0.5, 0.6) is 0 Å². The Balaban J connectivity index is 2.30. The lowest BCUT2D eigenvalue weighted by atomic mass is 10.1. The summed E-state index contributed by atoms with van der Waals surface area (Å²) in [5, 5.41) is 8.81. The molecule has 20 heavy (non-hydrogen) atoms. The number of carbonyl (C=O) groups is 1. The molecule has 3 nitrogen and oxygen atoms in total. The second-order valence-corrected chi connectivity index (χ2v) is 6.07. The van der Waals surface area contributed by atoms with Crippen LogP contribution in [0.2, 0.25) is 0 Å². The van der Waals surface area contributed by atoms with Gasteiger partial charge in [-0.3, -0.25) is 0 Å². The maximum absolute atomic E-state index is 10.7. The van der Waals surface area contributed by atoms with Crippen molar-refractivity contribution in [2.45, 2.75) is 38.6 Å². The predicted octanol–water partition coefficient (Wildman–Crippen LogP) is 4.32. The normalized spacial score (nSPS) is 14.7. The first-order valence-electron chi connectivity index (χ1n) is 7.09. The van der Waals surface area contributed by atoms with Crippen molar-refractivity contribution in [1.29, 1.82) is 0 Å². The lowest BCUT2D eigenvalue weighted by Crippen LogP contribution is -2.27. The number of carboxylic acids is 1. The number of hydrogen-bond acceptors (Lipinski definition) is 2. The third-order valence-electron chi connectivity index (χ3n) is 3.45. The topological polar surface area (TPSA) is 40.5 Å².